The van der Waals surface area contributed by atoms with Gasteiger partial charge >= 0.3 is 0 Å². The van der Waals surface area contributed by atoms with Crippen LogP contribution in [0.4, 0.5) is 0 Å². The zero-order valence-electron chi connectivity index (χ0n) is 11.4. The van der Waals surface area contributed by atoms with Crippen molar-refractivity contribution in [3.05, 3.63) is 0 Å². The maximum atomic E-state index is 2.58. The van der Waals surface area contributed by atoms with Gasteiger partial charge in [0.2, 0.25) is 0 Å². The third-order valence-corrected chi connectivity index (χ3v) is 7.15. The molecule has 7 atom stereocenters. The molecule has 4 rings (SSSR count). The fraction of sp³-hybridized carbons (Fsp3) is 1.00. The smallest absolute Gasteiger partial charge is 0.0321 e. The summed E-state index contributed by atoms with van der Waals surface area (Å²) in [6.45, 7) is 2.58. The van der Waals surface area contributed by atoms with E-state index in [-0.39, 0.29) is 0 Å². The van der Waals surface area contributed by atoms with Crippen molar-refractivity contribution in [1.29, 1.82) is 0 Å². The van der Waals surface area contributed by atoms with Gasteiger partial charge in [0, 0.05) is 0 Å². The molecule has 0 amide bonds. The average Bonchev–Trinajstić information content (AvgIpc) is 2.37. The molecule has 0 heteroatoms. The van der Waals surface area contributed by atoms with Crippen LogP contribution >= 0.6 is 0 Å². The van der Waals surface area contributed by atoms with Crippen molar-refractivity contribution in [3.8, 4) is 0 Å². The van der Waals surface area contributed by atoms with E-state index in [9.17, 15) is 0 Å². The standard InChI is InChI=1S/C17H28/c1-11-10-14-6-2-4-12-8-9-13-5-3-7-15(11)17(13)16(12)14/h11-17H,2-10H2,1H3. The van der Waals surface area contributed by atoms with Gasteiger partial charge in [-0.1, -0.05) is 39.0 Å². The van der Waals surface area contributed by atoms with Crippen LogP contribution in [-0.4, -0.2) is 0 Å². The molecule has 4 saturated carbocycles. The van der Waals surface area contributed by atoms with Gasteiger partial charge in [0.1, 0.15) is 0 Å². The lowest BCUT2D eigenvalue weighted by Gasteiger charge is -2.59. The van der Waals surface area contributed by atoms with E-state index in [1.807, 2.05) is 0 Å². The van der Waals surface area contributed by atoms with Gasteiger partial charge in [-0.25, -0.2) is 0 Å². The van der Waals surface area contributed by atoms with Gasteiger partial charge in [0.05, 0.1) is 0 Å². The summed E-state index contributed by atoms with van der Waals surface area (Å²) < 4.78 is 0. The van der Waals surface area contributed by atoms with Crippen molar-refractivity contribution < 1.29 is 0 Å². The van der Waals surface area contributed by atoms with Gasteiger partial charge in [-0.15, -0.1) is 0 Å². The Balaban J connectivity index is 1.69. The van der Waals surface area contributed by atoms with Crippen molar-refractivity contribution in [1.82, 2.24) is 0 Å². The van der Waals surface area contributed by atoms with Crippen LogP contribution in [0.15, 0.2) is 0 Å². The molecular formula is C17H28. The first-order valence-corrected chi connectivity index (χ1v) is 8.34. The van der Waals surface area contributed by atoms with Crippen LogP contribution in [0.25, 0.3) is 0 Å². The highest BCUT2D eigenvalue weighted by molar-refractivity contribution is 5.02. The highest BCUT2D eigenvalue weighted by Gasteiger charge is 2.52. The Morgan fingerprint density at radius 1 is 0.647 bits per heavy atom. The topological polar surface area (TPSA) is 0 Å². The molecule has 0 heterocycles. The van der Waals surface area contributed by atoms with E-state index in [1.54, 1.807) is 57.8 Å². The summed E-state index contributed by atoms with van der Waals surface area (Å²) in [6.07, 6.45) is 14.2. The van der Waals surface area contributed by atoms with E-state index < -0.39 is 0 Å². The number of hydrogen-bond acceptors (Lipinski definition) is 0. The molecule has 0 bridgehead atoms. The van der Waals surface area contributed by atoms with Crippen molar-refractivity contribution in [2.24, 2.45) is 41.4 Å². The molecule has 0 aromatic rings. The molecule has 0 N–H and O–H groups in total. The Kier molecular flexibility index (Phi) is 2.56. The average molecular weight is 232 g/mol. The van der Waals surface area contributed by atoms with E-state index in [0.29, 0.717) is 0 Å². The Bertz CT molecular complexity index is 294. The summed E-state index contributed by atoms with van der Waals surface area (Å²) in [5.74, 6) is 8.00. The summed E-state index contributed by atoms with van der Waals surface area (Å²) in [5, 5.41) is 0. The summed E-state index contributed by atoms with van der Waals surface area (Å²) in [7, 11) is 0. The number of hydrogen-bond donors (Lipinski definition) is 0. The minimum absolute atomic E-state index is 1.06. The summed E-state index contributed by atoms with van der Waals surface area (Å²) >= 11 is 0. The minimum Gasteiger partial charge on any atom is -0.0622 e. The molecule has 0 nitrogen and oxygen atoms in total. The summed E-state index contributed by atoms with van der Waals surface area (Å²) in [5.41, 5.74) is 0. The highest BCUT2D eigenvalue weighted by Crippen LogP contribution is 2.61. The molecule has 0 radical (unpaired) electrons. The second-order valence-corrected chi connectivity index (χ2v) is 7.75. The third-order valence-electron chi connectivity index (χ3n) is 7.15. The van der Waals surface area contributed by atoms with Gasteiger partial charge < -0.3 is 0 Å². The first-order chi connectivity index (χ1) is 8.34. The van der Waals surface area contributed by atoms with E-state index in [1.165, 1.54) is 11.8 Å². The molecule has 0 aromatic carbocycles. The van der Waals surface area contributed by atoms with Crippen molar-refractivity contribution in [2.45, 2.75) is 64.7 Å². The van der Waals surface area contributed by atoms with Crippen LogP contribution in [0.3, 0.4) is 0 Å². The Hall–Kier alpha value is 0. The van der Waals surface area contributed by atoms with Crippen LogP contribution in [0.5, 0.6) is 0 Å². The predicted molar refractivity (Wildman–Crippen MR) is 71.7 cm³/mol. The first kappa shape index (κ1) is 10.9. The van der Waals surface area contributed by atoms with Gasteiger partial charge in [-0.3, -0.25) is 0 Å². The largest absolute Gasteiger partial charge is 0.0622 e. The molecule has 0 aromatic heterocycles. The maximum absolute atomic E-state index is 2.58. The van der Waals surface area contributed by atoms with Crippen LogP contribution in [0.2, 0.25) is 0 Å². The Morgan fingerprint density at radius 3 is 2.12 bits per heavy atom. The molecule has 4 aliphatic carbocycles. The molecule has 17 heavy (non-hydrogen) atoms. The lowest BCUT2D eigenvalue weighted by molar-refractivity contribution is -0.0981. The van der Waals surface area contributed by atoms with Crippen molar-refractivity contribution >= 4 is 0 Å². The van der Waals surface area contributed by atoms with Gasteiger partial charge in [-0.05, 0) is 67.1 Å². The second kappa shape index (κ2) is 4.00. The molecule has 4 aliphatic rings. The van der Waals surface area contributed by atoms with Crippen LogP contribution < -0.4 is 0 Å². The lowest BCUT2D eigenvalue weighted by Crippen LogP contribution is -2.51. The van der Waals surface area contributed by atoms with Crippen LogP contribution in [-0.2, 0) is 0 Å². The van der Waals surface area contributed by atoms with E-state index in [0.717, 1.165) is 29.6 Å². The quantitative estimate of drug-likeness (QED) is 0.558. The summed E-state index contributed by atoms with van der Waals surface area (Å²) in [4.78, 5) is 0. The monoisotopic (exact) mass is 232 g/mol. The molecule has 0 spiro atoms. The highest BCUT2D eigenvalue weighted by atomic mass is 14.6. The van der Waals surface area contributed by atoms with Crippen molar-refractivity contribution in [2.75, 3.05) is 0 Å². The predicted octanol–water partition coefficient (Wildman–Crippen LogP) is 4.89. The van der Waals surface area contributed by atoms with Crippen molar-refractivity contribution in [3.63, 3.8) is 0 Å². The zero-order chi connectivity index (χ0) is 11.4. The van der Waals surface area contributed by atoms with Gasteiger partial charge in [-0.2, -0.15) is 0 Å². The Labute approximate surface area is 107 Å². The van der Waals surface area contributed by atoms with E-state index in [2.05, 4.69) is 6.92 Å². The first-order valence-electron chi connectivity index (χ1n) is 8.34. The molecule has 96 valence electrons. The molecule has 0 saturated heterocycles. The molecular weight excluding hydrogens is 204 g/mol. The van der Waals surface area contributed by atoms with E-state index >= 15 is 0 Å². The fourth-order valence-electron chi connectivity index (χ4n) is 6.68. The SMILES string of the molecule is CC1CC2CCCC3CCC4CCCC1C4C32. The fourth-order valence-corrected chi connectivity index (χ4v) is 6.68. The number of rotatable bonds is 0. The molecule has 4 fully saturated rings. The van der Waals surface area contributed by atoms with E-state index in [4.69, 9.17) is 0 Å². The zero-order valence-corrected chi connectivity index (χ0v) is 11.4. The second-order valence-electron chi connectivity index (χ2n) is 7.75. The van der Waals surface area contributed by atoms with Crippen LogP contribution in [0, 0.1) is 41.4 Å². The third kappa shape index (κ3) is 1.55. The normalized spacial score (nSPS) is 57.4. The van der Waals surface area contributed by atoms with Crippen LogP contribution in [0.1, 0.15) is 64.7 Å². The maximum Gasteiger partial charge on any atom is -0.0321 e. The molecule has 7 unspecified atom stereocenters. The van der Waals surface area contributed by atoms with Gasteiger partial charge in [0.25, 0.3) is 0 Å². The summed E-state index contributed by atoms with van der Waals surface area (Å²) in [6, 6.07) is 0. The lowest BCUT2D eigenvalue weighted by atomic mass is 9.46. The Morgan fingerprint density at radius 2 is 1.29 bits per heavy atom. The minimum atomic E-state index is 1.06. The van der Waals surface area contributed by atoms with Gasteiger partial charge in [0.15, 0.2) is 0 Å². The molecule has 0 aliphatic heterocycles.